The zero-order valence-electron chi connectivity index (χ0n) is 15.2. The van der Waals surface area contributed by atoms with Gasteiger partial charge >= 0.3 is 5.97 Å². The van der Waals surface area contributed by atoms with E-state index in [4.69, 9.17) is 9.47 Å². The van der Waals surface area contributed by atoms with E-state index in [9.17, 15) is 9.59 Å². The van der Waals surface area contributed by atoms with Gasteiger partial charge in [-0.05, 0) is 52.3 Å². The number of aromatic nitrogens is 1. The summed E-state index contributed by atoms with van der Waals surface area (Å²) in [6.07, 6.45) is -0.225. The lowest BCUT2D eigenvalue weighted by Crippen LogP contribution is -2.16. The molecule has 0 saturated carbocycles. The minimum Gasteiger partial charge on any atom is -0.492 e. The Kier molecular flexibility index (Phi) is 5.85. The number of nitrogens with one attached hydrogen (secondary N) is 2. The second-order valence-electron chi connectivity index (χ2n) is 5.96. The molecule has 2 rings (SSSR count). The van der Waals surface area contributed by atoms with Gasteiger partial charge in [0.1, 0.15) is 11.4 Å². The van der Waals surface area contributed by atoms with Crippen LogP contribution >= 0.6 is 0 Å². The first kappa shape index (κ1) is 18.6. The molecule has 1 aromatic carbocycles. The zero-order valence-corrected chi connectivity index (χ0v) is 15.2. The SMILES string of the molecule is CCOc1ccccc1NC(=O)c1[nH]c(C)c(C(=O)OC(C)C)c1C. The lowest BCUT2D eigenvalue weighted by molar-refractivity contribution is 0.0376. The van der Waals surface area contributed by atoms with Gasteiger partial charge in [-0.3, -0.25) is 4.79 Å². The van der Waals surface area contributed by atoms with Gasteiger partial charge in [-0.1, -0.05) is 12.1 Å². The first-order valence-electron chi connectivity index (χ1n) is 8.28. The van der Waals surface area contributed by atoms with Crippen molar-refractivity contribution in [1.82, 2.24) is 4.98 Å². The van der Waals surface area contributed by atoms with Gasteiger partial charge in [0.05, 0.1) is 24.0 Å². The fourth-order valence-electron chi connectivity index (χ4n) is 2.59. The fraction of sp³-hybridized carbons (Fsp3) is 0.368. The van der Waals surface area contributed by atoms with E-state index in [1.54, 1.807) is 39.8 Å². The number of aromatic amines is 1. The molecule has 6 nitrogen and oxygen atoms in total. The molecule has 0 atom stereocenters. The van der Waals surface area contributed by atoms with E-state index >= 15 is 0 Å². The molecule has 0 aliphatic carbocycles. The van der Waals surface area contributed by atoms with Crippen molar-refractivity contribution in [3.8, 4) is 5.75 Å². The number of esters is 1. The lowest BCUT2D eigenvalue weighted by atomic mass is 10.1. The van der Waals surface area contributed by atoms with Gasteiger partial charge in [0.2, 0.25) is 0 Å². The molecule has 6 heteroatoms. The molecule has 0 spiro atoms. The highest BCUT2D eigenvalue weighted by Gasteiger charge is 2.24. The van der Waals surface area contributed by atoms with Gasteiger partial charge < -0.3 is 19.8 Å². The molecule has 1 amide bonds. The number of carbonyl (C=O) groups is 2. The molecule has 0 saturated heterocycles. The van der Waals surface area contributed by atoms with Crippen LogP contribution < -0.4 is 10.1 Å². The van der Waals surface area contributed by atoms with Crippen LogP contribution in [0, 0.1) is 13.8 Å². The Hall–Kier alpha value is -2.76. The van der Waals surface area contributed by atoms with Crippen LogP contribution in [0.1, 0.15) is 52.9 Å². The molecule has 1 heterocycles. The number of para-hydroxylation sites is 2. The number of anilines is 1. The second-order valence-corrected chi connectivity index (χ2v) is 5.96. The molecule has 0 radical (unpaired) electrons. The Labute approximate surface area is 147 Å². The topological polar surface area (TPSA) is 80.4 Å². The summed E-state index contributed by atoms with van der Waals surface area (Å²) in [5, 5.41) is 2.83. The van der Waals surface area contributed by atoms with Gasteiger partial charge in [0.25, 0.3) is 5.91 Å². The molecule has 2 N–H and O–H groups in total. The van der Waals surface area contributed by atoms with Crippen LogP contribution in [0.25, 0.3) is 0 Å². The largest absolute Gasteiger partial charge is 0.492 e. The molecule has 0 aliphatic heterocycles. The lowest BCUT2D eigenvalue weighted by Gasteiger charge is -2.11. The standard InChI is InChI=1S/C19H24N2O4/c1-6-24-15-10-8-7-9-14(15)21-18(22)17-12(4)16(13(5)20-17)19(23)25-11(2)3/h7-11,20H,6H2,1-5H3,(H,21,22). The van der Waals surface area contributed by atoms with Gasteiger partial charge in [-0.2, -0.15) is 0 Å². The predicted molar refractivity (Wildman–Crippen MR) is 96.4 cm³/mol. The fourth-order valence-corrected chi connectivity index (χ4v) is 2.59. The van der Waals surface area contributed by atoms with Gasteiger partial charge in [-0.25, -0.2) is 4.79 Å². The number of rotatable bonds is 6. The smallest absolute Gasteiger partial charge is 0.340 e. The minimum atomic E-state index is -0.435. The number of carbonyl (C=O) groups excluding carboxylic acids is 2. The molecule has 134 valence electrons. The van der Waals surface area contributed by atoms with E-state index in [0.29, 0.717) is 40.6 Å². The van der Waals surface area contributed by atoms with E-state index in [1.807, 2.05) is 19.1 Å². The number of amides is 1. The number of H-pyrrole nitrogens is 1. The molecule has 0 fully saturated rings. The van der Waals surface area contributed by atoms with E-state index < -0.39 is 5.97 Å². The van der Waals surface area contributed by atoms with Crippen LogP contribution in [0.2, 0.25) is 0 Å². The quantitative estimate of drug-likeness (QED) is 0.780. The Morgan fingerprint density at radius 3 is 2.52 bits per heavy atom. The zero-order chi connectivity index (χ0) is 18.6. The summed E-state index contributed by atoms with van der Waals surface area (Å²) in [7, 11) is 0. The van der Waals surface area contributed by atoms with Crippen molar-refractivity contribution in [3.05, 3.63) is 46.8 Å². The summed E-state index contributed by atoms with van der Waals surface area (Å²) >= 11 is 0. The summed E-state index contributed by atoms with van der Waals surface area (Å²) in [4.78, 5) is 27.9. The Bertz CT molecular complexity index is 778. The highest BCUT2D eigenvalue weighted by molar-refractivity contribution is 6.07. The molecular formula is C19H24N2O4. The van der Waals surface area contributed by atoms with Gasteiger partial charge in [0, 0.05) is 5.69 Å². The maximum atomic E-state index is 12.7. The third kappa shape index (κ3) is 4.21. The Balaban J connectivity index is 2.28. The molecule has 25 heavy (non-hydrogen) atoms. The van der Waals surface area contributed by atoms with Gasteiger partial charge in [0.15, 0.2) is 0 Å². The minimum absolute atomic E-state index is 0.225. The van der Waals surface area contributed by atoms with Crippen molar-refractivity contribution >= 4 is 17.6 Å². The summed E-state index contributed by atoms with van der Waals surface area (Å²) in [5.41, 5.74) is 2.48. The number of hydrogen-bond donors (Lipinski definition) is 2. The Morgan fingerprint density at radius 2 is 1.88 bits per heavy atom. The third-order valence-electron chi connectivity index (χ3n) is 3.65. The van der Waals surface area contributed by atoms with Gasteiger partial charge in [-0.15, -0.1) is 0 Å². The van der Waals surface area contributed by atoms with Crippen molar-refractivity contribution in [2.75, 3.05) is 11.9 Å². The average molecular weight is 344 g/mol. The maximum Gasteiger partial charge on any atom is 0.340 e. The van der Waals surface area contributed by atoms with Crippen molar-refractivity contribution in [1.29, 1.82) is 0 Å². The highest BCUT2D eigenvalue weighted by atomic mass is 16.5. The first-order chi connectivity index (χ1) is 11.8. The van der Waals surface area contributed by atoms with E-state index in [1.165, 1.54) is 0 Å². The van der Waals surface area contributed by atoms with Crippen molar-refractivity contribution in [3.63, 3.8) is 0 Å². The number of ether oxygens (including phenoxy) is 2. The summed E-state index contributed by atoms with van der Waals surface area (Å²) < 4.78 is 10.8. The second kappa shape index (κ2) is 7.88. The third-order valence-corrected chi connectivity index (χ3v) is 3.65. The number of hydrogen-bond acceptors (Lipinski definition) is 4. The van der Waals surface area contributed by atoms with E-state index in [-0.39, 0.29) is 12.0 Å². The van der Waals surface area contributed by atoms with Crippen LogP contribution in [0.3, 0.4) is 0 Å². The van der Waals surface area contributed by atoms with E-state index in [2.05, 4.69) is 10.3 Å². The summed E-state index contributed by atoms with van der Waals surface area (Å²) in [5.74, 6) is -0.176. The predicted octanol–water partition coefficient (Wildman–Crippen LogP) is 3.85. The van der Waals surface area contributed by atoms with Crippen LogP contribution in [0.4, 0.5) is 5.69 Å². The first-order valence-corrected chi connectivity index (χ1v) is 8.28. The van der Waals surface area contributed by atoms with E-state index in [0.717, 1.165) is 0 Å². The number of aryl methyl sites for hydroxylation is 1. The van der Waals surface area contributed by atoms with Crippen molar-refractivity contribution in [2.24, 2.45) is 0 Å². The van der Waals surface area contributed by atoms with Crippen LogP contribution in [-0.4, -0.2) is 29.6 Å². The maximum absolute atomic E-state index is 12.7. The summed E-state index contributed by atoms with van der Waals surface area (Å²) in [6.45, 7) is 9.42. The van der Waals surface area contributed by atoms with Crippen LogP contribution in [0.15, 0.2) is 24.3 Å². The molecular weight excluding hydrogens is 320 g/mol. The molecule has 2 aromatic rings. The average Bonchev–Trinajstić information content (AvgIpc) is 2.83. The van der Waals surface area contributed by atoms with Crippen molar-refractivity contribution in [2.45, 2.75) is 40.7 Å². The molecule has 1 aromatic heterocycles. The highest BCUT2D eigenvalue weighted by Crippen LogP contribution is 2.26. The van der Waals surface area contributed by atoms with Crippen LogP contribution in [0.5, 0.6) is 5.75 Å². The normalized spacial score (nSPS) is 10.6. The molecule has 0 unspecified atom stereocenters. The van der Waals surface area contributed by atoms with Crippen molar-refractivity contribution < 1.29 is 19.1 Å². The molecule has 0 bridgehead atoms. The monoisotopic (exact) mass is 344 g/mol. The van der Waals surface area contributed by atoms with Crippen LogP contribution in [-0.2, 0) is 4.74 Å². The number of benzene rings is 1. The summed E-state index contributed by atoms with van der Waals surface area (Å²) in [6, 6.07) is 7.21. The molecule has 0 aliphatic rings. The Morgan fingerprint density at radius 1 is 1.20 bits per heavy atom.